The second kappa shape index (κ2) is 5.90. The highest BCUT2D eigenvalue weighted by Gasteiger charge is 2.30. The largest absolute Gasteiger partial charge is 0.340 e. The summed E-state index contributed by atoms with van der Waals surface area (Å²) in [7, 11) is -3.41. The van der Waals surface area contributed by atoms with Crippen molar-refractivity contribution >= 4 is 43.2 Å². The lowest BCUT2D eigenvalue weighted by Gasteiger charge is -2.33. The summed E-state index contributed by atoms with van der Waals surface area (Å²) in [6, 6.07) is 1.61. The maximum atomic E-state index is 12.4. The van der Waals surface area contributed by atoms with E-state index < -0.39 is 10.0 Å². The van der Waals surface area contributed by atoms with E-state index in [2.05, 4.69) is 15.9 Å². The van der Waals surface area contributed by atoms with Crippen molar-refractivity contribution in [1.82, 2.24) is 9.21 Å². The van der Waals surface area contributed by atoms with E-state index in [1.165, 1.54) is 15.6 Å². The van der Waals surface area contributed by atoms with Gasteiger partial charge in [-0.1, -0.05) is 6.92 Å². The summed E-state index contributed by atoms with van der Waals surface area (Å²) < 4.78 is 27.3. The maximum Gasteiger partial charge on any atom is 0.252 e. The lowest BCUT2D eigenvalue weighted by molar-refractivity contribution is -0.132. The molecule has 1 aromatic rings. The number of thiophene rings is 1. The fourth-order valence-corrected chi connectivity index (χ4v) is 5.38. The first kappa shape index (κ1) is 15.0. The van der Waals surface area contributed by atoms with Crippen molar-refractivity contribution in [3.8, 4) is 0 Å². The number of amides is 1. The molecule has 19 heavy (non-hydrogen) atoms. The van der Waals surface area contributed by atoms with E-state index in [9.17, 15) is 13.2 Å². The van der Waals surface area contributed by atoms with E-state index in [0.29, 0.717) is 36.8 Å². The van der Waals surface area contributed by atoms with Crippen LogP contribution in [0, 0.1) is 0 Å². The Labute approximate surface area is 125 Å². The van der Waals surface area contributed by atoms with E-state index >= 15 is 0 Å². The molecule has 0 unspecified atom stereocenters. The van der Waals surface area contributed by atoms with Crippen molar-refractivity contribution in [3.63, 3.8) is 0 Å². The molecule has 5 nitrogen and oxygen atoms in total. The number of hydrogen-bond donors (Lipinski definition) is 0. The number of sulfonamides is 1. The molecule has 0 atom stereocenters. The van der Waals surface area contributed by atoms with Crippen molar-refractivity contribution in [2.45, 2.75) is 17.6 Å². The standard InChI is InChI=1S/C11H15BrN2O3S2/c1-2-10(15)13-3-5-14(6-4-13)19(16,17)11-7-9(12)8-18-11/h7-8H,2-6H2,1H3. The summed E-state index contributed by atoms with van der Waals surface area (Å²) in [5.74, 6) is 0.0796. The highest BCUT2D eigenvalue weighted by molar-refractivity contribution is 9.10. The minimum Gasteiger partial charge on any atom is -0.340 e. The highest BCUT2D eigenvalue weighted by atomic mass is 79.9. The van der Waals surface area contributed by atoms with Gasteiger partial charge in [0.15, 0.2) is 0 Å². The van der Waals surface area contributed by atoms with Crippen LogP contribution in [0.15, 0.2) is 20.1 Å². The smallest absolute Gasteiger partial charge is 0.252 e. The molecule has 1 amide bonds. The molecular formula is C11H15BrN2O3S2. The first-order chi connectivity index (χ1) is 8.95. The SMILES string of the molecule is CCC(=O)N1CCN(S(=O)(=O)c2cc(Br)cs2)CC1. The Balaban J connectivity index is 2.07. The second-order valence-corrected chi connectivity index (χ2v) is 8.21. The van der Waals surface area contributed by atoms with Crippen molar-refractivity contribution in [1.29, 1.82) is 0 Å². The van der Waals surface area contributed by atoms with Crippen LogP contribution in [0.25, 0.3) is 0 Å². The average molecular weight is 367 g/mol. The number of hydrogen-bond acceptors (Lipinski definition) is 4. The van der Waals surface area contributed by atoms with Gasteiger partial charge in [-0.3, -0.25) is 4.79 Å². The van der Waals surface area contributed by atoms with Crippen molar-refractivity contribution in [2.75, 3.05) is 26.2 Å². The van der Waals surface area contributed by atoms with Crippen molar-refractivity contribution in [3.05, 3.63) is 15.9 Å². The average Bonchev–Trinajstić information content (AvgIpc) is 2.85. The summed E-state index contributed by atoms with van der Waals surface area (Å²) >= 11 is 4.47. The zero-order valence-corrected chi connectivity index (χ0v) is 13.7. The Morgan fingerprint density at radius 1 is 1.37 bits per heavy atom. The summed E-state index contributed by atoms with van der Waals surface area (Å²) in [4.78, 5) is 13.3. The molecule has 1 fully saturated rings. The van der Waals surface area contributed by atoms with E-state index in [4.69, 9.17) is 0 Å². The molecule has 0 aromatic carbocycles. The summed E-state index contributed by atoms with van der Waals surface area (Å²) in [5.41, 5.74) is 0. The van der Waals surface area contributed by atoms with Crippen LogP contribution in [0.5, 0.6) is 0 Å². The normalized spacial score (nSPS) is 17.7. The lowest BCUT2D eigenvalue weighted by Crippen LogP contribution is -2.50. The molecule has 1 aliphatic rings. The molecule has 0 radical (unpaired) electrons. The molecule has 0 aliphatic carbocycles. The first-order valence-corrected chi connectivity index (χ1v) is 9.08. The van der Waals surface area contributed by atoms with Gasteiger partial charge in [0, 0.05) is 42.5 Å². The molecule has 0 saturated carbocycles. The highest BCUT2D eigenvalue weighted by Crippen LogP contribution is 2.27. The molecule has 0 N–H and O–H groups in total. The molecule has 1 saturated heterocycles. The summed E-state index contributed by atoms with van der Waals surface area (Å²) in [5, 5.41) is 1.75. The number of halogens is 1. The first-order valence-electron chi connectivity index (χ1n) is 5.97. The molecule has 0 spiro atoms. The van der Waals surface area contributed by atoms with Crippen LogP contribution in [0.4, 0.5) is 0 Å². The minimum absolute atomic E-state index is 0.0796. The van der Waals surface area contributed by atoms with Crippen LogP contribution in [-0.2, 0) is 14.8 Å². The van der Waals surface area contributed by atoms with Gasteiger partial charge in [0.05, 0.1) is 0 Å². The van der Waals surface area contributed by atoms with Gasteiger partial charge in [-0.25, -0.2) is 8.42 Å². The number of carbonyl (C=O) groups is 1. The minimum atomic E-state index is -3.41. The predicted molar refractivity (Wildman–Crippen MR) is 77.6 cm³/mol. The van der Waals surface area contributed by atoms with E-state index in [1.807, 2.05) is 6.92 Å². The monoisotopic (exact) mass is 366 g/mol. The second-order valence-electron chi connectivity index (χ2n) is 4.22. The van der Waals surface area contributed by atoms with Crippen molar-refractivity contribution in [2.24, 2.45) is 0 Å². The Kier molecular flexibility index (Phi) is 4.65. The van der Waals surface area contributed by atoms with Crippen LogP contribution < -0.4 is 0 Å². The fraction of sp³-hybridized carbons (Fsp3) is 0.545. The predicted octanol–water partition coefficient (Wildman–Crippen LogP) is 1.75. The van der Waals surface area contributed by atoms with Crippen LogP contribution >= 0.6 is 27.3 Å². The Morgan fingerprint density at radius 3 is 2.47 bits per heavy atom. The van der Waals surface area contributed by atoms with Gasteiger partial charge in [-0.15, -0.1) is 11.3 Å². The third-order valence-corrected chi connectivity index (χ3v) is 7.11. The van der Waals surface area contributed by atoms with Gasteiger partial charge in [-0.2, -0.15) is 4.31 Å². The molecule has 1 aromatic heterocycles. The van der Waals surface area contributed by atoms with Crippen molar-refractivity contribution < 1.29 is 13.2 Å². The van der Waals surface area contributed by atoms with Crippen LogP contribution in [-0.4, -0.2) is 49.7 Å². The molecule has 1 aliphatic heterocycles. The quantitative estimate of drug-likeness (QED) is 0.818. The summed E-state index contributed by atoms with van der Waals surface area (Å²) in [6.45, 7) is 3.48. The fourth-order valence-electron chi connectivity index (χ4n) is 1.96. The molecule has 106 valence electrons. The molecule has 2 heterocycles. The zero-order chi connectivity index (χ0) is 14.0. The van der Waals surface area contributed by atoms with Crippen LogP contribution in [0.1, 0.15) is 13.3 Å². The number of piperazine rings is 1. The van der Waals surface area contributed by atoms with E-state index in [1.54, 1.807) is 16.3 Å². The Bertz CT molecular complexity index is 562. The molecule has 2 rings (SSSR count). The van der Waals surface area contributed by atoms with Crippen LogP contribution in [0.3, 0.4) is 0 Å². The van der Waals surface area contributed by atoms with E-state index in [-0.39, 0.29) is 5.91 Å². The van der Waals surface area contributed by atoms with Crippen LogP contribution in [0.2, 0.25) is 0 Å². The third kappa shape index (κ3) is 3.18. The molecule has 0 bridgehead atoms. The Hall–Kier alpha value is -0.440. The molecular weight excluding hydrogens is 352 g/mol. The van der Waals surface area contributed by atoms with E-state index in [0.717, 1.165) is 4.47 Å². The van der Waals surface area contributed by atoms with Gasteiger partial charge in [0.1, 0.15) is 4.21 Å². The maximum absolute atomic E-state index is 12.4. The zero-order valence-electron chi connectivity index (χ0n) is 10.5. The van der Waals surface area contributed by atoms with Gasteiger partial charge >= 0.3 is 0 Å². The lowest BCUT2D eigenvalue weighted by atomic mass is 10.3. The third-order valence-electron chi connectivity index (χ3n) is 3.03. The number of rotatable bonds is 3. The topological polar surface area (TPSA) is 57.7 Å². The summed E-state index contributed by atoms with van der Waals surface area (Å²) in [6.07, 6.45) is 0.463. The van der Waals surface area contributed by atoms with Gasteiger partial charge in [-0.05, 0) is 22.0 Å². The van der Waals surface area contributed by atoms with Gasteiger partial charge in [0.25, 0.3) is 10.0 Å². The molecule has 8 heteroatoms. The Morgan fingerprint density at radius 2 is 2.00 bits per heavy atom. The number of nitrogens with zero attached hydrogens (tertiary/aromatic N) is 2. The van der Waals surface area contributed by atoms with Gasteiger partial charge < -0.3 is 4.90 Å². The van der Waals surface area contributed by atoms with Gasteiger partial charge in [0.2, 0.25) is 5.91 Å². The number of carbonyl (C=O) groups excluding carboxylic acids is 1.